The molecule has 0 aliphatic carbocycles. The van der Waals surface area contributed by atoms with E-state index in [1.54, 1.807) is 19.4 Å². The first kappa shape index (κ1) is 14.5. The number of hydrogen-bond donors (Lipinski definition) is 2. The molecule has 2 rings (SSSR count). The van der Waals surface area contributed by atoms with Gasteiger partial charge < -0.3 is 20.3 Å². The van der Waals surface area contributed by atoms with Gasteiger partial charge >= 0.3 is 0 Å². The lowest BCUT2D eigenvalue weighted by Crippen LogP contribution is -2.58. The first-order chi connectivity index (χ1) is 9.76. The fraction of sp³-hybridized carbons (Fsp3) is 0.615. The quantitative estimate of drug-likeness (QED) is 0.776. The summed E-state index contributed by atoms with van der Waals surface area (Å²) >= 11 is 0. The van der Waals surface area contributed by atoms with Crippen molar-refractivity contribution in [3.63, 3.8) is 0 Å². The van der Waals surface area contributed by atoms with Gasteiger partial charge in [0.15, 0.2) is 5.82 Å². The van der Waals surface area contributed by atoms with E-state index in [0.717, 1.165) is 13.0 Å². The van der Waals surface area contributed by atoms with Crippen molar-refractivity contribution in [3.05, 3.63) is 12.4 Å². The molecule has 0 bridgehead atoms. The summed E-state index contributed by atoms with van der Waals surface area (Å²) < 4.78 is 5.49. The van der Waals surface area contributed by atoms with Crippen LogP contribution < -0.4 is 20.3 Å². The highest BCUT2D eigenvalue weighted by atomic mass is 16.5. The second kappa shape index (κ2) is 7.04. The Hall–Kier alpha value is -1.89. The molecular formula is C13H21N5O2. The smallest absolute Gasteiger partial charge is 0.243 e. The average Bonchev–Trinajstić information content (AvgIpc) is 2.52. The summed E-state index contributed by atoms with van der Waals surface area (Å²) in [4.78, 5) is 22.5. The van der Waals surface area contributed by atoms with Crippen LogP contribution in [0.3, 0.4) is 0 Å². The summed E-state index contributed by atoms with van der Waals surface area (Å²) in [5.41, 5.74) is 0. The van der Waals surface area contributed by atoms with Crippen LogP contribution in [0.1, 0.15) is 13.3 Å². The van der Waals surface area contributed by atoms with Gasteiger partial charge in [-0.05, 0) is 6.42 Å². The Morgan fingerprint density at radius 3 is 3.20 bits per heavy atom. The van der Waals surface area contributed by atoms with E-state index in [9.17, 15) is 4.79 Å². The molecule has 1 unspecified atom stereocenters. The van der Waals surface area contributed by atoms with Gasteiger partial charge in [0.1, 0.15) is 6.04 Å². The van der Waals surface area contributed by atoms with Gasteiger partial charge in [-0.1, -0.05) is 6.92 Å². The van der Waals surface area contributed by atoms with E-state index in [1.165, 1.54) is 0 Å². The summed E-state index contributed by atoms with van der Waals surface area (Å²) in [6.07, 6.45) is 4.18. The van der Waals surface area contributed by atoms with Crippen LogP contribution in [0.5, 0.6) is 5.88 Å². The highest BCUT2D eigenvalue weighted by Crippen LogP contribution is 2.18. The van der Waals surface area contributed by atoms with Gasteiger partial charge in [-0.3, -0.25) is 9.78 Å². The lowest BCUT2D eigenvalue weighted by molar-refractivity contribution is -0.122. The second-order valence-corrected chi connectivity index (χ2v) is 4.59. The number of aromatic nitrogens is 2. The monoisotopic (exact) mass is 279 g/mol. The molecule has 1 aromatic heterocycles. The fourth-order valence-electron chi connectivity index (χ4n) is 2.13. The van der Waals surface area contributed by atoms with Crippen molar-refractivity contribution in [2.24, 2.45) is 0 Å². The van der Waals surface area contributed by atoms with E-state index >= 15 is 0 Å². The highest BCUT2D eigenvalue weighted by molar-refractivity contribution is 5.85. The molecule has 1 atom stereocenters. The Balaban J connectivity index is 2.16. The first-order valence-corrected chi connectivity index (χ1v) is 6.90. The van der Waals surface area contributed by atoms with E-state index in [-0.39, 0.29) is 11.9 Å². The average molecular weight is 279 g/mol. The summed E-state index contributed by atoms with van der Waals surface area (Å²) in [7, 11) is 1.64. The molecule has 1 saturated heterocycles. The van der Waals surface area contributed by atoms with Crippen LogP contribution in [-0.2, 0) is 4.79 Å². The molecule has 2 N–H and O–H groups in total. The third kappa shape index (κ3) is 3.36. The van der Waals surface area contributed by atoms with Crippen LogP contribution in [0.15, 0.2) is 12.4 Å². The minimum absolute atomic E-state index is 0.0288. The highest BCUT2D eigenvalue weighted by Gasteiger charge is 2.29. The van der Waals surface area contributed by atoms with Gasteiger partial charge in [-0.2, -0.15) is 4.98 Å². The van der Waals surface area contributed by atoms with Crippen LogP contribution in [0, 0.1) is 0 Å². The van der Waals surface area contributed by atoms with Crippen molar-refractivity contribution in [1.82, 2.24) is 20.6 Å². The van der Waals surface area contributed by atoms with Gasteiger partial charge in [0.05, 0.1) is 19.0 Å². The van der Waals surface area contributed by atoms with Crippen LogP contribution >= 0.6 is 0 Å². The van der Waals surface area contributed by atoms with Crippen LogP contribution in [-0.4, -0.2) is 55.2 Å². The Kier molecular flexibility index (Phi) is 5.11. The van der Waals surface area contributed by atoms with Gasteiger partial charge in [-0.25, -0.2) is 0 Å². The van der Waals surface area contributed by atoms with Crippen LogP contribution in [0.2, 0.25) is 0 Å². The number of nitrogens with one attached hydrogen (secondary N) is 2. The number of rotatable bonds is 5. The maximum absolute atomic E-state index is 11.9. The molecule has 1 aliphatic heterocycles. The third-order valence-electron chi connectivity index (χ3n) is 3.14. The fourth-order valence-corrected chi connectivity index (χ4v) is 2.13. The number of carbonyl (C=O) groups excluding carboxylic acids is 1. The molecule has 1 aliphatic rings. The van der Waals surface area contributed by atoms with E-state index < -0.39 is 0 Å². The molecule has 1 fully saturated rings. The summed E-state index contributed by atoms with van der Waals surface area (Å²) in [6, 6.07) is -0.274. The Morgan fingerprint density at radius 1 is 1.60 bits per heavy atom. The topological polar surface area (TPSA) is 79.4 Å². The number of hydrogen-bond acceptors (Lipinski definition) is 6. The van der Waals surface area contributed by atoms with E-state index in [2.05, 4.69) is 20.6 Å². The molecule has 20 heavy (non-hydrogen) atoms. The molecule has 110 valence electrons. The maximum atomic E-state index is 11.9. The minimum atomic E-state index is -0.274. The molecule has 0 saturated carbocycles. The summed E-state index contributed by atoms with van der Waals surface area (Å²) in [6.45, 7) is 4.77. The zero-order valence-corrected chi connectivity index (χ0v) is 11.9. The first-order valence-electron chi connectivity index (χ1n) is 6.90. The predicted molar refractivity (Wildman–Crippen MR) is 75.9 cm³/mol. The second-order valence-electron chi connectivity index (χ2n) is 4.59. The van der Waals surface area contributed by atoms with Crippen molar-refractivity contribution in [1.29, 1.82) is 0 Å². The van der Waals surface area contributed by atoms with Gasteiger partial charge in [0.2, 0.25) is 11.8 Å². The molecule has 7 nitrogen and oxygen atoms in total. The normalized spacial score (nSPS) is 18.7. The summed E-state index contributed by atoms with van der Waals surface area (Å²) in [5, 5.41) is 5.90. The van der Waals surface area contributed by atoms with Gasteiger partial charge in [0.25, 0.3) is 0 Å². The Bertz CT molecular complexity index is 454. The molecule has 0 spiro atoms. The zero-order valence-electron chi connectivity index (χ0n) is 11.9. The molecule has 0 radical (unpaired) electrons. The van der Waals surface area contributed by atoms with Crippen LogP contribution in [0.25, 0.3) is 0 Å². The third-order valence-corrected chi connectivity index (χ3v) is 3.14. The summed E-state index contributed by atoms with van der Waals surface area (Å²) in [5.74, 6) is 1.14. The molecular weight excluding hydrogens is 258 g/mol. The number of likely N-dealkylation sites (N-methyl/N-ethyl adjacent to an activating group) is 1. The van der Waals surface area contributed by atoms with Gasteiger partial charge in [0, 0.05) is 26.7 Å². The van der Waals surface area contributed by atoms with E-state index in [1.807, 2.05) is 11.8 Å². The molecule has 7 heteroatoms. The maximum Gasteiger partial charge on any atom is 0.243 e. The largest absolute Gasteiger partial charge is 0.477 e. The molecule has 2 heterocycles. The Labute approximate surface area is 118 Å². The van der Waals surface area contributed by atoms with Crippen molar-refractivity contribution < 1.29 is 9.53 Å². The lowest BCUT2D eigenvalue weighted by Gasteiger charge is -2.35. The van der Waals surface area contributed by atoms with Crippen molar-refractivity contribution >= 4 is 11.7 Å². The number of nitrogens with zero attached hydrogens (tertiary/aromatic N) is 3. The van der Waals surface area contributed by atoms with E-state index in [0.29, 0.717) is 31.4 Å². The molecule has 1 amide bonds. The van der Waals surface area contributed by atoms with Gasteiger partial charge in [-0.15, -0.1) is 0 Å². The SMILES string of the molecule is CCCOc1cncc(N2CCNCC2C(=O)NC)n1. The number of piperazine rings is 1. The molecule has 0 aromatic carbocycles. The minimum Gasteiger partial charge on any atom is -0.477 e. The number of ether oxygens (including phenoxy) is 1. The van der Waals surface area contributed by atoms with Crippen molar-refractivity contribution in [2.75, 3.05) is 38.2 Å². The molecule has 1 aromatic rings. The van der Waals surface area contributed by atoms with Crippen LogP contribution in [0.4, 0.5) is 5.82 Å². The number of amides is 1. The standard InChI is InChI=1S/C13H21N5O2/c1-3-6-20-12-9-16-8-11(17-12)18-5-4-15-7-10(18)13(19)14-2/h8-10,15H,3-7H2,1-2H3,(H,14,19). The number of anilines is 1. The number of carbonyl (C=O) groups is 1. The van der Waals surface area contributed by atoms with E-state index in [4.69, 9.17) is 4.74 Å². The van der Waals surface area contributed by atoms with Crippen molar-refractivity contribution in [3.8, 4) is 5.88 Å². The predicted octanol–water partition coefficient (Wildman–Crippen LogP) is -0.210. The lowest BCUT2D eigenvalue weighted by atomic mass is 10.2. The Morgan fingerprint density at radius 2 is 2.45 bits per heavy atom. The van der Waals surface area contributed by atoms with Crippen molar-refractivity contribution in [2.45, 2.75) is 19.4 Å². The zero-order chi connectivity index (χ0) is 14.4.